The summed E-state index contributed by atoms with van der Waals surface area (Å²) in [5, 5.41) is 3.03. The maximum absolute atomic E-state index is 12.3. The Kier molecular flexibility index (Phi) is 4.51. The molecular formula is C19H23N3O. The second-order valence-electron chi connectivity index (χ2n) is 6.07. The highest BCUT2D eigenvalue weighted by molar-refractivity contribution is 5.94. The minimum Gasteiger partial charge on any atom is -0.378 e. The maximum Gasteiger partial charge on any atom is 0.321 e. The predicted molar refractivity (Wildman–Crippen MR) is 95.4 cm³/mol. The predicted octanol–water partition coefficient (Wildman–Crippen LogP) is 3.07. The van der Waals surface area contributed by atoms with E-state index in [1.165, 1.54) is 16.8 Å². The van der Waals surface area contributed by atoms with E-state index < -0.39 is 0 Å². The van der Waals surface area contributed by atoms with Gasteiger partial charge in [-0.3, -0.25) is 4.90 Å². The third kappa shape index (κ3) is 3.47. The third-order valence-electron chi connectivity index (χ3n) is 4.27. The Hall–Kier alpha value is -2.49. The van der Waals surface area contributed by atoms with Gasteiger partial charge in [0.1, 0.15) is 0 Å². The zero-order valence-electron chi connectivity index (χ0n) is 13.7. The van der Waals surface area contributed by atoms with Crippen LogP contribution in [0.5, 0.6) is 0 Å². The fraction of sp³-hybridized carbons (Fsp3) is 0.316. The molecule has 0 spiro atoms. The van der Waals surface area contributed by atoms with Gasteiger partial charge in [0, 0.05) is 38.6 Å². The average Bonchev–Trinajstić information content (AvgIpc) is 2.99. The largest absolute Gasteiger partial charge is 0.378 e. The number of carbonyl (C=O) groups excluding carboxylic acids is 1. The molecule has 0 bridgehead atoms. The Bertz CT molecular complexity index is 679. The molecule has 23 heavy (non-hydrogen) atoms. The fourth-order valence-corrected chi connectivity index (χ4v) is 2.92. The van der Waals surface area contributed by atoms with Crippen molar-refractivity contribution in [3.63, 3.8) is 0 Å². The van der Waals surface area contributed by atoms with Crippen LogP contribution in [0.25, 0.3) is 0 Å². The Morgan fingerprint density at radius 2 is 1.87 bits per heavy atom. The van der Waals surface area contributed by atoms with Crippen LogP contribution in [0.4, 0.5) is 16.2 Å². The van der Waals surface area contributed by atoms with Gasteiger partial charge in [-0.25, -0.2) is 4.79 Å². The lowest BCUT2D eigenvalue weighted by atomic mass is 10.1. The molecule has 0 atom stereocenters. The summed E-state index contributed by atoms with van der Waals surface area (Å²) in [5.41, 5.74) is 4.71. The molecule has 2 aromatic rings. The molecule has 0 aromatic heterocycles. The van der Waals surface area contributed by atoms with Crippen molar-refractivity contribution in [3.05, 3.63) is 59.7 Å². The first-order chi connectivity index (χ1) is 11.1. The van der Waals surface area contributed by atoms with Crippen molar-refractivity contribution in [3.8, 4) is 0 Å². The number of hydrogen-bond donors (Lipinski definition) is 1. The van der Waals surface area contributed by atoms with E-state index in [1.54, 1.807) is 0 Å². The molecule has 0 saturated heterocycles. The fourth-order valence-electron chi connectivity index (χ4n) is 2.92. The summed E-state index contributed by atoms with van der Waals surface area (Å²) in [5.74, 6) is 0. The smallest absolute Gasteiger partial charge is 0.321 e. The number of urea groups is 1. The van der Waals surface area contributed by atoms with Crippen LogP contribution in [0.1, 0.15) is 11.1 Å². The first-order valence-corrected chi connectivity index (χ1v) is 8.04. The Labute approximate surface area is 137 Å². The van der Waals surface area contributed by atoms with E-state index >= 15 is 0 Å². The molecule has 120 valence electrons. The molecule has 0 saturated carbocycles. The minimum atomic E-state index is -0.000128. The van der Waals surface area contributed by atoms with Gasteiger partial charge in [0.25, 0.3) is 0 Å². The van der Waals surface area contributed by atoms with Crippen molar-refractivity contribution in [1.82, 2.24) is 5.32 Å². The second-order valence-corrected chi connectivity index (χ2v) is 6.07. The van der Waals surface area contributed by atoms with Gasteiger partial charge in [0.2, 0.25) is 0 Å². The molecule has 0 aliphatic carbocycles. The number of hydrogen-bond acceptors (Lipinski definition) is 2. The molecule has 2 amide bonds. The van der Waals surface area contributed by atoms with E-state index in [4.69, 9.17) is 0 Å². The lowest BCUT2D eigenvalue weighted by Gasteiger charge is -2.18. The van der Waals surface area contributed by atoms with Crippen LogP contribution in [0.15, 0.2) is 48.5 Å². The van der Waals surface area contributed by atoms with Crippen LogP contribution >= 0.6 is 0 Å². The summed E-state index contributed by atoms with van der Waals surface area (Å²) in [4.78, 5) is 16.3. The topological polar surface area (TPSA) is 35.6 Å². The summed E-state index contributed by atoms with van der Waals surface area (Å²) in [6.07, 6.45) is 1.78. The number of amides is 2. The quantitative estimate of drug-likeness (QED) is 0.942. The van der Waals surface area contributed by atoms with Gasteiger partial charge < -0.3 is 10.2 Å². The normalized spacial score (nSPS) is 12.9. The van der Waals surface area contributed by atoms with E-state index in [2.05, 4.69) is 40.5 Å². The van der Waals surface area contributed by atoms with Gasteiger partial charge in [-0.15, -0.1) is 0 Å². The number of fused-ring (bicyclic) bond motifs is 1. The number of para-hydroxylation sites is 1. The summed E-state index contributed by atoms with van der Waals surface area (Å²) in [6, 6.07) is 16.6. The Morgan fingerprint density at radius 1 is 1.13 bits per heavy atom. The number of benzene rings is 2. The molecule has 1 aliphatic rings. The number of carbonyl (C=O) groups is 1. The van der Waals surface area contributed by atoms with Crippen molar-refractivity contribution >= 4 is 17.4 Å². The van der Waals surface area contributed by atoms with E-state index in [-0.39, 0.29) is 6.03 Å². The van der Waals surface area contributed by atoms with E-state index in [1.807, 2.05) is 37.2 Å². The van der Waals surface area contributed by atoms with Crippen molar-refractivity contribution in [2.75, 3.05) is 37.0 Å². The highest BCUT2D eigenvalue weighted by atomic mass is 16.2. The summed E-state index contributed by atoms with van der Waals surface area (Å²) in [6.45, 7) is 1.42. The monoisotopic (exact) mass is 309 g/mol. The molecule has 1 heterocycles. The number of nitrogens with one attached hydrogen (secondary N) is 1. The van der Waals surface area contributed by atoms with Gasteiger partial charge >= 0.3 is 6.03 Å². The zero-order chi connectivity index (χ0) is 16.2. The van der Waals surface area contributed by atoms with E-state index in [9.17, 15) is 4.79 Å². The molecular weight excluding hydrogens is 286 g/mol. The van der Waals surface area contributed by atoms with Gasteiger partial charge in [-0.2, -0.15) is 0 Å². The van der Waals surface area contributed by atoms with Crippen molar-refractivity contribution in [1.29, 1.82) is 0 Å². The first-order valence-electron chi connectivity index (χ1n) is 8.04. The maximum atomic E-state index is 12.3. The van der Waals surface area contributed by atoms with Gasteiger partial charge in [-0.05, 0) is 42.2 Å². The molecule has 4 nitrogen and oxygen atoms in total. The molecule has 0 unspecified atom stereocenters. The molecule has 2 aromatic carbocycles. The second kappa shape index (κ2) is 6.73. The molecule has 0 fully saturated rings. The number of nitrogens with zero attached hydrogens (tertiary/aromatic N) is 2. The molecule has 3 rings (SSSR count). The summed E-state index contributed by atoms with van der Waals surface area (Å²) < 4.78 is 0. The first kappa shape index (κ1) is 15.4. The van der Waals surface area contributed by atoms with Crippen molar-refractivity contribution in [2.45, 2.75) is 12.8 Å². The van der Waals surface area contributed by atoms with Crippen molar-refractivity contribution < 1.29 is 4.79 Å². The van der Waals surface area contributed by atoms with Crippen LogP contribution in [0.2, 0.25) is 0 Å². The van der Waals surface area contributed by atoms with Gasteiger partial charge in [0.15, 0.2) is 0 Å². The van der Waals surface area contributed by atoms with Crippen LogP contribution in [0, 0.1) is 0 Å². The van der Waals surface area contributed by atoms with Crippen LogP contribution in [0.3, 0.4) is 0 Å². The minimum absolute atomic E-state index is 0.000128. The van der Waals surface area contributed by atoms with E-state index in [0.717, 1.165) is 25.1 Å². The summed E-state index contributed by atoms with van der Waals surface area (Å²) >= 11 is 0. The van der Waals surface area contributed by atoms with Crippen LogP contribution < -0.4 is 15.1 Å². The summed E-state index contributed by atoms with van der Waals surface area (Å²) in [7, 11) is 4.06. The lowest BCUT2D eigenvalue weighted by molar-refractivity contribution is 0.247. The third-order valence-corrected chi connectivity index (χ3v) is 4.27. The van der Waals surface area contributed by atoms with Gasteiger partial charge in [0.05, 0.1) is 0 Å². The molecule has 4 heteroatoms. The molecule has 1 N–H and O–H groups in total. The highest BCUT2D eigenvalue weighted by Gasteiger charge is 2.23. The standard InChI is InChI=1S/C19H23N3O/c1-21(2)17-9-7-15(8-10-17)11-13-20-19(23)22-14-12-16-5-3-4-6-18(16)22/h3-10H,11-14H2,1-2H3,(H,20,23). The zero-order valence-corrected chi connectivity index (χ0v) is 13.7. The van der Waals surface area contributed by atoms with E-state index in [0.29, 0.717) is 6.54 Å². The Balaban J connectivity index is 1.52. The average molecular weight is 309 g/mol. The molecule has 0 radical (unpaired) electrons. The SMILES string of the molecule is CN(C)c1ccc(CCNC(=O)N2CCc3ccccc32)cc1. The van der Waals surface area contributed by atoms with Crippen molar-refractivity contribution in [2.24, 2.45) is 0 Å². The van der Waals surface area contributed by atoms with Gasteiger partial charge in [-0.1, -0.05) is 30.3 Å². The van der Waals surface area contributed by atoms with Crippen LogP contribution in [-0.4, -0.2) is 33.2 Å². The lowest BCUT2D eigenvalue weighted by Crippen LogP contribution is -2.39. The van der Waals surface area contributed by atoms with Crippen LogP contribution in [-0.2, 0) is 12.8 Å². The number of rotatable bonds is 4. The molecule has 1 aliphatic heterocycles. The highest BCUT2D eigenvalue weighted by Crippen LogP contribution is 2.27. The number of anilines is 2. The Morgan fingerprint density at radius 3 is 2.61 bits per heavy atom.